The van der Waals surface area contributed by atoms with Crippen LogP contribution in [0.3, 0.4) is 0 Å². The zero-order chi connectivity index (χ0) is 13.8. The lowest BCUT2D eigenvalue weighted by Gasteiger charge is -2.20. The van der Waals surface area contributed by atoms with Gasteiger partial charge in [0.15, 0.2) is 0 Å². The first kappa shape index (κ1) is 13.2. The van der Waals surface area contributed by atoms with Crippen LogP contribution in [0.4, 0.5) is 0 Å². The van der Waals surface area contributed by atoms with Crippen LogP contribution < -0.4 is 5.32 Å². The van der Waals surface area contributed by atoms with Gasteiger partial charge in [0, 0.05) is 18.8 Å². The van der Waals surface area contributed by atoms with E-state index in [0.717, 1.165) is 11.3 Å². The molecule has 3 rings (SSSR count). The van der Waals surface area contributed by atoms with Crippen molar-refractivity contribution >= 4 is 11.6 Å². The number of aromatic nitrogens is 2. The van der Waals surface area contributed by atoms with Gasteiger partial charge in [0.25, 0.3) is 0 Å². The first-order chi connectivity index (χ1) is 9.81. The van der Waals surface area contributed by atoms with E-state index in [2.05, 4.69) is 10.3 Å². The van der Waals surface area contributed by atoms with Crippen LogP contribution in [0.2, 0.25) is 0 Å². The summed E-state index contributed by atoms with van der Waals surface area (Å²) < 4.78 is 1.97. The van der Waals surface area contributed by atoms with Gasteiger partial charge < -0.3 is 9.72 Å². The molecule has 0 atom stereocenters. The first-order valence-corrected chi connectivity index (χ1v) is 7.50. The summed E-state index contributed by atoms with van der Waals surface area (Å²) in [4.78, 5) is 16.4. The van der Waals surface area contributed by atoms with Crippen LogP contribution >= 0.6 is 0 Å². The zero-order valence-corrected chi connectivity index (χ0v) is 11.7. The molecule has 1 N–H and O–H groups in total. The SMILES string of the molecule is O=C(CC1CCCCC1)NCc1cn2ccccc2n1. The van der Waals surface area contributed by atoms with E-state index in [1.165, 1.54) is 32.1 Å². The van der Waals surface area contributed by atoms with Crippen molar-refractivity contribution in [3.05, 3.63) is 36.3 Å². The number of nitrogens with one attached hydrogen (secondary N) is 1. The number of nitrogens with zero attached hydrogens (tertiary/aromatic N) is 2. The van der Waals surface area contributed by atoms with E-state index in [1.807, 2.05) is 35.0 Å². The highest BCUT2D eigenvalue weighted by atomic mass is 16.1. The van der Waals surface area contributed by atoms with Crippen LogP contribution in [-0.4, -0.2) is 15.3 Å². The van der Waals surface area contributed by atoms with Gasteiger partial charge in [0.2, 0.25) is 5.91 Å². The molecule has 1 aliphatic rings. The van der Waals surface area contributed by atoms with E-state index in [9.17, 15) is 4.79 Å². The van der Waals surface area contributed by atoms with Crippen molar-refractivity contribution in [3.8, 4) is 0 Å². The van der Waals surface area contributed by atoms with Crippen molar-refractivity contribution in [2.75, 3.05) is 0 Å². The minimum atomic E-state index is 0.161. The maximum Gasteiger partial charge on any atom is 0.220 e. The molecule has 0 spiro atoms. The quantitative estimate of drug-likeness (QED) is 0.929. The molecule has 0 aromatic carbocycles. The summed E-state index contributed by atoms with van der Waals surface area (Å²) >= 11 is 0. The lowest BCUT2D eigenvalue weighted by atomic mass is 9.87. The van der Waals surface area contributed by atoms with E-state index in [-0.39, 0.29) is 5.91 Å². The van der Waals surface area contributed by atoms with Gasteiger partial charge in [0.05, 0.1) is 12.2 Å². The monoisotopic (exact) mass is 271 g/mol. The molecule has 0 unspecified atom stereocenters. The van der Waals surface area contributed by atoms with Crippen molar-refractivity contribution in [3.63, 3.8) is 0 Å². The number of carbonyl (C=O) groups is 1. The van der Waals surface area contributed by atoms with Gasteiger partial charge in [-0.25, -0.2) is 4.98 Å². The smallest absolute Gasteiger partial charge is 0.220 e. The largest absolute Gasteiger partial charge is 0.350 e. The summed E-state index contributed by atoms with van der Waals surface area (Å²) in [5.74, 6) is 0.749. The Labute approximate surface area is 119 Å². The zero-order valence-electron chi connectivity index (χ0n) is 11.7. The predicted molar refractivity (Wildman–Crippen MR) is 78.2 cm³/mol. The van der Waals surface area contributed by atoms with Crippen LogP contribution in [0, 0.1) is 5.92 Å². The van der Waals surface area contributed by atoms with E-state index < -0.39 is 0 Å². The maximum atomic E-state index is 12.0. The van der Waals surface area contributed by atoms with Crippen molar-refractivity contribution in [2.24, 2.45) is 5.92 Å². The Morgan fingerprint density at radius 2 is 2.15 bits per heavy atom. The number of carbonyl (C=O) groups excluding carboxylic acids is 1. The van der Waals surface area contributed by atoms with E-state index in [0.29, 0.717) is 18.9 Å². The van der Waals surface area contributed by atoms with Crippen LogP contribution in [0.15, 0.2) is 30.6 Å². The van der Waals surface area contributed by atoms with Gasteiger partial charge in [-0.05, 0) is 30.9 Å². The average molecular weight is 271 g/mol. The molecule has 2 aromatic rings. The van der Waals surface area contributed by atoms with Gasteiger partial charge in [0.1, 0.15) is 5.65 Å². The molecule has 106 valence electrons. The topological polar surface area (TPSA) is 46.4 Å². The highest BCUT2D eigenvalue weighted by Crippen LogP contribution is 2.26. The highest BCUT2D eigenvalue weighted by molar-refractivity contribution is 5.76. The Bertz CT molecular complexity index is 551. The summed E-state index contributed by atoms with van der Waals surface area (Å²) in [7, 11) is 0. The Balaban J connectivity index is 1.51. The fraction of sp³-hybridized carbons (Fsp3) is 0.500. The van der Waals surface area contributed by atoms with Gasteiger partial charge in [-0.15, -0.1) is 0 Å². The fourth-order valence-corrected chi connectivity index (χ4v) is 2.99. The number of hydrogen-bond acceptors (Lipinski definition) is 2. The number of imidazole rings is 1. The molecule has 0 bridgehead atoms. The van der Waals surface area contributed by atoms with E-state index in [4.69, 9.17) is 0 Å². The molecular formula is C16H21N3O. The normalized spacial score (nSPS) is 16.4. The Kier molecular flexibility index (Phi) is 4.00. The Morgan fingerprint density at radius 1 is 1.30 bits per heavy atom. The van der Waals surface area contributed by atoms with Crippen molar-refractivity contribution < 1.29 is 4.79 Å². The summed E-state index contributed by atoms with van der Waals surface area (Å²) in [6.45, 7) is 0.521. The van der Waals surface area contributed by atoms with Crippen LogP contribution in [-0.2, 0) is 11.3 Å². The predicted octanol–water partition coefficient (Wildman–Crippen LogP) is 2.92. The third-order valence-corrected chi connectivity index (χ3v) is 4.08. The molecule has 1 amide bonds. The first-order valence-electron chi connectivity index (χ1n) is 7.50. The lowest BCUT2D eigenvalue weighted by Crippen LogP contribution is -2.26. The molecule has 2 heterocycles. The molecule has 2 aromatic heterocycles. The van der Waals surface area contributed by atoms with E-state index >= 15 is 0 Å². The molecule has 20 heavy (non-hydrogen) atoms. The van der Waals surface area contributed by atoms with Gasteiger partial charge in [-0.1, -0.05) is 25.3 Å². The van der Waals surface area contributed by atoms with Crippen LogP contribution in [0.5, 0.6) is 0 Å². The van der Waals surface area contributed by atoms with Crippen molar-refractivity contribution in [1.29, 1.82) is 0 Å². The fourth-order valence-electron chi connectivity index (χ4n) is 2.99. The van der Waals surface area contributed by atoms with Crippen molar-refractivity contribution in [2.45, 2.75) is 45.1 Å². The molecule has 1 fully saturated rings. The second kappa shape index (κ2) is 6.07. The molecule has 4 heteroatoms. The second-order valence-corrected chi connectivity index (χ2v) is 5.68. The minimum Gasteiger partial charge on any atom is -0.350 e. The standard InChI is InChI=1S/C16H21N3O/c20-16(10-13-6-2-1-3-7-13)17-11-14-12-19-9-5-4-8-15(19)18-14/h4-5,8-9,12-13H,1-3,6-7,10-11H2,(H,17,20). The van der Waals surface area contributed by atoms with Gasteiger partial charge >= 0.3 is 0 Å². The summed E-state index contributed by atoms with van der Waals surface area (Å²) in [5, 5.41) is 2.99. The van der Waals surface area contributed by atoms with Gasteiger partial charge in [-0.2, -0.15) is 0 Å². The molecule has 0 radical (unpaired) electrons. The third-order valence-electron chi connectivity index (χ3n) is 4.08. The number of rotatable bonds is 4. The molecule has 0 saturated heterocycles. The Morgan fingerprint density at radius 3 is 2.95 bits per heavy atom. The average Bonchev–Trinajstić information content (AvgIpc) is 2.89. The summed E-state index contributed by atoms with van der Waals surface area (Å²) in [6.07, 6.45) is 10.9. The molecule has 1 aliphatic carbocycles. The molecule has 1 saturated carbocycles. The molecule has 0 aliphatic heterocycles. The number of pyridine rings is 1. The third kappa shape index (κ3) is 3.18. The lowest BCUT2D eigenvalue weighted by molar-refractivity contribution is -0.122. The minimum absolute atomic E-state index is 0.161. The summed E-state index contributed by atoms with van der Waals surface area (Å²) in [5.41, 5.74) is 1.83. The number of amides is 1. The number of hydrogen-bond donors (Lipinski definition) is 1. The highest BCUT2D eigenvalue weighted by Gasteiger charge is 2.16. The summed E-state index contributed by atoms with van der Waals surface area (Å²) in [6, 6.07) is 5.90. The van der Waals surface area contributed by atoms with Crippen LogP contribution in [0.25, 0.3) is 5.65 Å². The molecular weight excluding hydrogens is 250 g/mol. The molecule has 4 nitrogen and oxygen atoms in total. The Hall–Kier alpha value is -1.84. The van der Waals surface area contributed by atoms with E-state index in [1.54, 1.807) is 0 Å². The second-order valence-electron chi connectivity index (χ2n) is 5.68. The van der Waals surface area contributed by atoms with Crippen LogP contribution in [0.1, 0.15) is 44.2 Å². The van der Waals surface area contributed by atoms with Gasteiger partial charge in [-0.3, -0.25) is 4.79 Å². The number of fused-ring (bicyclic) bond motifs is 1. The maximum absolute atomic E-state index is 12.0. The van der Waals surface area contributed by atoms with Crippen molar-refractivity contribution in [1.82, 2.24) is 14.7 Å².